The second-order valence-electron chi connectivity index (χ2n) is 8.33. The fourth-order valence-corrected chi connectivity index (χ4v) is 4.87. The number of amides is 1. The second-order valence-corrected chi connectivity index (χ2v) is 8.74. The summed E-state index contributed by atoms with van der Waals surface area (Å²) < 4.78 is 0. The van der Waals surface area contributed by atoms with Gasteiger partial charge in [0, 0.05) is 12.1 Å². The van der Waals surface area contributed by atoms with Crippen LogP contribution in [-0.4, -0.2) is 38.0 Å². The van der Waals surface area contributed by atoms with Crippen LogP contribution in [0.15, 0.2) is 12.1 Å². The molecule has 0 radical (unpaired) electrons. The van der Waals surface area contributed by atoms with Gasteiger partial charge >= 0.3 is 0 Å². The third kappa shape index (κ3) is 2.66. The Hall–Kier alpha value is -1.06. The van der Waals surface area contributed by atoms with Gasteiger partial charge in [0.15, 0.2) is 0 Å². The number of nitrogens with zero attached hydrogens (tertiary/aromatic N) is 1. The van der Waals surface area contributed by atoms with Crippen molar-refractivity contribution in [3.05, 3.63) is 33.8 Å². The van der Waals surface area contributed by atoms with Gasteiger partial charge in [0.05, 0.1) is 5.41 Å². The van der Waals surface area contributed by atoms with Crippen molar-refractivity contribution in [2.75, 3.05) is 27.2 Å². The largest absolute Gasteiger partial charge is 0.359 e. The molecular formula is C20H29ClN2O. The van der Waals surface area contributed by atoms with Gasteiger partial charge < -0.3 is 10.2 Å². The number of fused-ring (bicyclic) bond motifs is 2. The molecule has 1 aromatic carbocycles. The standard InChI is InChI=1S/C20H29ClN2O/c1-13-10-14-15(11-17(13)21)20(6-8-23(5)9-7-20)12-16(14)19(2,3)18(24)22-4/h10-11,16H,6-9,12H2,1-5H3,(H,22,24)/t16-/m0/s1. The minimum Gasteiger partial charge on any atom is -0.359 e. The van der Waals surface area contributed by atoms with Gasteiger partial charge in [-0.2, -0.15) is 0 Å². The fraction of sp³-hybridized carbons (Fsp3) is 0.650. The number of aryl methyl sites for hydroxylation is 1. The number of piperidine rings is 1. The zero-order chi connectivity index (χ0) is 17.7. The van der Waals surface area contributed by atoms with Crippen molar-refractivity contribution in [2.24, 2.45) is 5.41 Å². The van der Waals surface area contributed by atoms with Crippen molar-refractivity contribution in [1.29, 1.82) is 0 Å². The van der Waals surface area contributed by atoms with Crippen LogP contribution in [0.2, 0.25) is 5.02 Å². The first-order valence-electron chi connectivity index (χ1n) is 8.92. The summed E-state index contributed by atoms with van der Waals surface area (Å²) in [5.41, 5.74) is 3.60. The lowest BCUT2D eigenvalue weighted by atomic mass is 9.70. The molecule has 1 heterocycles. The minimum absolute atomic E-state index is 0.121. The average molecular weight is 349 g/mol. The van der Waals surface area contributed by atoms with E-state index in [-0.39, 0.29) is 17.2 Å². The Balaban J connectivity index is 2.10. The Bertz CT molecular complexity index is 660. The van der Waals surface area contributed by atoms with E-state index in [1.165, 1.54) is 11.1 Å². The summed E-state index contributed by atoms with van der Waals surface area (Å²) in [6.07, 6.45) is 3.35. The topological polar surface area (TPSA) is 32.3 Å². The van der Waals surface area contributed by atoms with E-state index in [9.17, 15) is 4.79 Å². The predicted molar refractivity (Wildman–Crippen MR) is 99.8 cm³/mol. The number of halogens is 1. The number of carbonyl (C=O) groups excluding carboxylic acids is 1. The van der Waals surface area contributed by atoms with Crippen molar-refractivity contribution in [2.45, 2.75) is 51.4 Å². The smallest absolute Gasteiger partial charge is 0.226 e. The molecule has 0 bridgehead atoms. The van der Waals surface area contributed by atoms with Crippen LogP contribution >= 0.6 is 11.6 Å². The van der Waals surface area contributed by atoms with E-state index in [4.69, 9.17) is 11.6 Å². The number of likely N-dealkylation sites (tertiary alicyclic amines) is 1. The van der Waals surface area contributed by atoms with E-state index in [0.717, 1.165) is 42.9 Å². The van der Waals surface area contributed by atoms with Crippen molar-refractivity contribution < 1.29 is 4.79 Å². The Labute approximate surface area is 150 Å². The van der Waals surface area contributed by atoms with Crippen LogP contribution in [0.3, 0.4) is 0 Å². The van der Waals surface area contributed by atoms with Crippen LogP contribution < -0.4 is 5.32 Å². The molecule has 1 aliphatic heterocycles. The van der Waals surface area contributed by atoms with Gasteiger partial charge in [-0.3, -0.25) is 4.79 Å². The normalized spacial score (nSPS) is 23.3. The molecule has 3 rings (SSSR count). The molecule has 1 amide bonds. The van der Waals surface area contributed by atoms with E-state index in [1.54, 1.807) is 7.05 Å². The second kappa shape index (κ2) is 6.03. The molecule has 2 aliphatic rings. The van der Waals surface area contributed by atoms with Crippen molar-refractivity contribution in [3.63, 3.8) is 0 Å². The van der Waals surface area contributed by atoms with E-state index < -0.39 is 5.41 Å². The number of hydrogen-bond donors (Lipinski definition) is 1. The maximum absolute atomic E-state index is 12.6. The minimum atomic E-state index is -0.420. The van der Waals surface area contributed by atoms with Gasteiger partial charge in [-0.1, -0.05) is 31.5 Å². The number of nitrogens with one attached hydrogen (secondary N) is 1. The van der Waals surface area contributed by atoms with E-state index >= 15 is 0 Å². The third-order valence-electron chi connectivity index (χ3n) is 6.50. The van der Waals surface area contributed by atoms with Gasteiger partial charge in [-0.15, -0.1) is 0 Å². The molecule has 0 aromatic heterocycles. The molecule has 132 valence electrons. The summed E-state index contributed by atoms with van der Waals surface area (Å²) in [4.78, 5) is 15.0. The summed E-state index contributed by atoms with van der Waals surface area (Å²) in [6.45, 7) is 8.44. The van der Waals surface area contributed by atoms with Crippen molar-refractivity contribution in [3.8, 4) is 0 Å². The fourth-order valence-electron chi connectivity index (χ4n) is 4.71. The molecule has 0 unspecified atom stereocenters. The molecule has 1 aliphatic carbocycles. The van der Waals surface area contributed by atoms with Crippen LogP contribution in [0, 0.1) is 12.3 Å². The lowest BCUT2D eigenvalue weighted by molar-refractivity contribution is -0.130. The lowest BCUT2D eigenvalue weighted by Gasteiger charge is -2.40. The van der Waals surface area contributed by atoms with E-state index in [2.05, 4.69) is 50.2 Å². The average Bonchev–Trinajstić information content (AvgIpc) is 2.85. The number of hydrogen-bond acceptors (Lipinski definition) is 2. The zero-order valence-corrected chi connectivity index (χ0v) is 16.3. The quantitative estimate of drug-likeness (QED) is 0.879. The van der Waals surface area contributed by atoms with Crippen molar-refractivity contribution in [1.82, 2.24) is 10.2 Å². The van der Waals surface area contributed by atoms with Crippen LogP contribution in [0.25, 0.3) is 0 Å². The number of carbonyl (C=O) groups is 1. The summed E-state index contributed by atoms with van der Waals surface area (Å²) in [5, 5.41) is 3.72. The van der Waals surface area contributed by atoms with Gasteiger partial charge in [-0.05, 0) is 80.4 Å². The molecule has 1 saturated heterocycles. The summed E-state index contributed by atoms with van der Waals surface area (Å²) in [5.74, 6) is 0.364. The molecule has 1 N–H and O–H groups in total. The Kier molecular flexibility index (Phi) is 4.46. The zero-order valence-electron chi connectivity index (χ0n) is 15.5. The molecule has 1 fully saturated rings. The SMILES string of the molecule is CNC(=O)C(C)(C)[C@H]1CC2(CCN(C)CC2)c2cc(Cl)c(C)cc21. The summed E-state index contributed by atoms with van der Waals surface area (Å²) in [7, 11) is 3.93. The van der Waals surface area contributed by atoms with Gasteiger partial charge in [0.25, 0.3) is 0 Å². The molecule has 3 nitrogen and oxygen atoms in total. The number of benzene rings is 1. The summed E-state index contributed by atoms with van der Waals surface area (Å²) >= 11 is 6.49. The molecule has 1 atom stereocenters. The molecule has 24 heavy (non-hydrogen) atoms. The maximum Gasteiger partial charge on any atom is 0.226 e. The first kappa shape index (κ1) is 17.8. The van der Waals surface area contributed by atoms with Crippen molar-refractivity contribution >= 4 is 17.5 Å². The van der Waals surface area contributed by atoms with Gasteiger partial charge in [-0.25, -0.2) is 0 Å². The highest BCUT2D eigenvalue weighted by Gasteiger charge is 2.51. The molecule has 0 saturated carbocycles. The Morgan fingerprint density at radius 3 is 2.54 bits per heavy atom. The van der Waals surface area contributed by atoms with Crippen LogP contribution in [0.1, 0.15) is 55.7 Å². The highest BCUT2D eigenvalue weighted by atomic mass is 35.5. The summed E-state index contributed by atoms with van der Waals surface area (Å²) in [6, 6.07) is 4.43. The van der Waals surface area contributed by atoms with Gasteiger partial charge in [0.1, 0.15) is 0 Å². The molecule has 1 aromatic rings. The first-order chi connectivity index (χ1) is 11.2. The molecule has 1 spiro atoms. The Morgan fingerprint density at radius 2 is 1.96 bits per heavy atom. The van der Waals surface area contributed by atoms with Crippen LogP contribution in [-0.2, 0) is 10.2 Å². The number of rotatable bonds is 2. The highest BCUT2D eigenvalue weighted by Crippen LogP contribution is 2.57. The van der Waals surface area contributed by atoms with Crippen LogP contribution in [0.5, 0.6) is 0 Å². The lowest BCUT2D eigenvalue weighted by Crippen LogP contribution is -2.42. The predicted octanol–water partition coefficient (Wildman–Crippen LogP) is 3.87. The first-order valence-corrected chi connectivity index (χ1v) is 9.30. The molecular weight excluding hydrogens is 320 g/mol. The van der Waals surface area contributed by atoms with E-state index in [0.29, 0.717) is 0 Å². The monoisotopic (exact) mass is 348 g/mol. The van der Waals surface area contributed by atoms with E-state index in [1.807, 2.05) is 0 Å². The Morgan fingerprint density at radius 1 is 1.33 bits per heavy atom. The molecule has 4 heteroatoms. The highest BCUT2D eigenvalue weighted by molar-refractivity contribution is 6.31. The maximum atomic E-state index is 12.6. The van der Waals surface area contributed by atoms with Gasteiger partial charge in [0.2, 0.25) is 5.91 Å². The third-order valence-corrected chi connectivity index (χ3v) is 6.91. The van der Waals surface area contributed by atoms with Crippen LogP contribution in [0.4, 0.5) is 0 Å².